The minimum atomic E-state index is 0.623. The highest BCUT2D eigenvalue weighted by molar-refractivity contribution is 5.46. The van der Waals surface area contributed by atoms with E-state index in [9.17, 15) is 0 Å². The number of anilines is 1. The van der Waals surface area contributed by atoms with E-state index in [0.29, 0.717) is 12.0 Å². The zero-order valence-corrected chi connectivity index (χ0v) is 11.5. The Labute approximate surface area is 106 Å². The molecule has 94 valence electrons. The van der Waals surface area contributed by atoms with E-state index < -0.39 is 0 Å². The minimum absolute atomic E-state index is 0.623. The lowest BCUT2D eigenvalue weighted by molar-refractivity contribution is 0.212. The fourth-order valence-electron chi connectivity index (χ4n) is 2.52. The van der Waals surface area contributed by atoms with Gasteiger partial charge in [0.25, 0.3) is 0 Å². The molecule has 0 unspecified atom stereocenters. The topological polar surface area (TPSA) is 12.0 Å². The first kappa shape index (κ1) is 12.5. The van der Waals surface area contributed by atoms with Crippen LogP contribution >= 0.6 is 0 Å². The molecule has 0 atom stereocenters. The van der Waals surface area contributed by atoms with Gasteiger partial charge in [0.1, 0.15) is 0 Å². The van der Waals surface area contributed by atoms with E-state index in [1.54, 1.807) is 0 Å². The van der Waals surface area contributed by atoms with Crippen LogP contribution in [0.5, 0.6) is 0 Å². The van der Waals surface area contributed by atoms with Crippen LogP contribution in [0.4, 0.5) is 5.69 Å². The third kappa shape index (κ3) is 3.02. The van der Waals surface area contributed by atoms with Crippen molar-refractivity contribution in [3.05, 3.63) is 29.8 Å². The molecule has 0 amide bonds. The molecular formula is C16H25N. The maximum atomic E-state index is 3.63. The molecule has 0 aliphatic heterocycles. The van der Waals surface area contributed by atoms with E-state index in [1.165, 1.54) is 24.1 Å². The van der Waals surface area contributed by atoms with E-state index in [4.69, 9.17) is 0 Å². The van der Waals surface area contributed by atoms with Crippen molar-refractivity contribution in [2.75, 3.05) is 5.32 Å². The van der Waals surface area contributed by atoms with Gasteiger partial charge in [-0.1, -0.05) is 39.8 Å². The second-order valence-corrected chi connectivity index (χ2v) is 6.09. The van der Waals surface area contributed by atoms with Gasteiger partial charge in [-0.15, -0.1) is 0 Å². The highest BCUT2D eigenvalue weighted by Gasteiger charge is 2.30. The summed E-state index contributed by atoms with van der Waals surface area (Å²) in [6.07, 6.45) is 2.67. The normalized spacial score (nSPS) is 23.9. The average molecular weight is 231 g/mol. The Hall–Kier alpha value is -0.980. The highest BCUT2D eigenvalue weighted by Crippen LogP contribution is 2.35. The molecule has 1 saturated carbocycles. The van der Waals surface area contributed by atoms with E-state index in [2.05, 4.69) is 57.3 Å². The third-order valence-corrected chi connectivity index (χ3v) is 4.07. The Kier molecular flexibility index (Phi) is 3.76. The van der Waals surface area contributed by atoms with Crippen molar-refractivity contribution in [1.29, 1.82) is 0 Å². The van der Waals surface area contributed by atoms with Gasteiger partial charge in [-0.3, -0.25) is 0 Å². The van der Waals surface area contributed by atoms with Gasteiger partial charge in [0.15, 0.2) is 0 Å². The highest BCUT2D eigenvalue weighted by atomic mass is 14.9. The van der Waals surface area contributed by atoms with E-state index in [1.807, 2.05) is 0 Å². The molecule has 1 aliphatic rings. The molecule has 1 fully saturated rings. The van der Waals surface area contributed by atoms with Crippen LogP contribution in [0, 0.1) is 11.8 Å². The number of hydrogen-bond acceptors (Lipinski definition) is 1. The van der Waals surface area contributed by atoms with Crippen LogP contribution in [-0.2, 0) is 0 Å². The van der Waals surface area contributed by atoms with Crippen molar-refractivity contribution in [2.24, 2.45) is 11.8 Å². The molecule has 0 heterocycles. The van der Waals surface area contributed by atoms with Gasteiger partial charge in [0.2, 0.25) is 0 Å². The number of hydrogen-bond donors (Lipinski definition) is 1. The number of benzene rings is 1. The maximum absolute atomic E-state index is 3.63. The van der Waals surface area contributed by atoms with Crippen LogP contribution in [0.3, 0.4) is 0 Å². The zero-order chi connectivity index (χ0) is 12.4. The lowest BCUT2D eigenvalue weighted by Gasteiger charge is -2.39. The SMILES string of the molecule is CC(C)c1ccc(NC2CC(C(C)C)C2)cc1. The Balaban J connectivity index is 1.84. The molecule has 0 spiro atoms. The second-order valence-electron chi connectivity index (χ2n) is 6.09. The standard InChI is InChI=1S/C16H25N/c1-11(2)13-5-7-15(8-6-13)17-16-9-14(10-16)12(3)4/h5-8,11-12,14,16-17H,9-10H2,1-4H3. The largest absolute Gasteiger partial charge is 0.382 e. The van der Waals surface area contributed by atoms with Crippen LogP contribution in [0.15, 0.2) is 24.3 Å². The molecule has 1 nitrogen and oxygen atoms in total. The fraction of sp³-hybridized carbons (Fsp3) is 0.625. The maximum Gasteiger partial charge on any atom is 0.0342 e. The zero-order valence-electron chi connectivity index (χ0n) is 11.5. The van der Waals surface area contributed by atoms with Crippen LogP contribution < -0.4 is 5.32 Å². The van der Waals surface area contributed by atoms with Crippen molar-refractivity contribution in [3.8, 4) is 0 Å². The van der Waals surface area contributed by atoms with Gasteiger partial charge in [-0.25, -0.2) is 0 Å². The van der Waals surface area contributed by atoms with Crippen molar-refractivity contribution in [2.45, 2.75) is 52.5 Å². The first-order valence-electron chi connectivity index (χ1n) is 6.92. The summed E-state index contributed by atoms with van der Waals surface area (Å²) < 4.78 is 0. The lowest BCUT2D eigenvalue weighted by atomic mass is 9.73. The summed E-state index contributed by atoms with van der Waals surface area (Å²) in [5.74, 6) is 2.40. The van der Waals surface area contributed by atoms with Crippen LogP contribution in [0.2, 0.25) is 0 Å². The summed E-state index contributed by atoms with van der Waals surface area (Å²) in [5.41, 5.74) is 2.70. The molecule has 0 bridgehead atoms. The van der Waals surface area contributed by atoms with Crippen LogP contribution in [0.25, 0.3) is 0 Å². The van der Waals surface area contributed by atoms with Gasteiger partial charge in [0, 0.05) is 11.7 Å². The van der Waals surface area contributed by atoms with Crippen molar-refractivity contribution in [3.63, 3.8) is 0 Å². The number of nitrogens with one attached hydrogen (secondary N) is 1. The molecule has 1 aliphatic carbocycles. The molecule has 2 rings (SSSR count). The Morgan fingerprint density at radius 2 is 1.59 bits per heavy atom. The quantitative estimate of drug-likeness (QED) is 0.795. The Morgan fingerprint density at radius 3 is 2.06 bits per heavy atom. The van der Waals surface area contributed by atoms with Crippen molar-refractivity contribution < 1.29 is 0 Å². The Bertz CT molecular complexity index is 344. The fourth-order valence-corrected chi connectivity index (χ4v) is 2.52. The lowest BCUT2D eigenvalue weighted by Crippen LogP contribution is -2.37. The van der Waals surface area contributed by atoms with Gasteiger partial charge in [-0.2, -0.15) is 0 Å². The minimum Gasteiger partial charge on any atom is -0.382 e. The van der Waals surface area contributed by atoms with Crippen LogP contribution in [-0.4, -0.2) is 6.04 Å². The molecule has 1 N–H and O–H groups in total. The van der Waals surface area contributed by atoms with Gasteiger partial charge in [-0.05, 0) is 48.3 Å². The van der Waals surface area contributed by atoms with E-state index in [-0.39, 0.29) is 0 Å². The first-order chi connectivity index (χ1) is 8.06. The molecular weight excluding hydrogens is 206 g/mol. The van der Waals surface area contributed by atoms with Crippen molar-refractivity contribution >= 4 is 5.69 Å². The molecule has 17 heavy (non-hydrogen) atoms. The van der Waals surface area contributed by atoms with Crippen molar-refractivity contribution in [1.82, 2.24) is 0 Å². The van der Waals surface area contributed by atoms with E-state index >= 15 is 0 Å². The Morgan fingerprint density at radius 1 is 1.00 bits per heavy atom. The average Bonchev–Trinajstić information content (AvgIpc) is 2.23. The molecule has 1 heteroatoms. The van der Waals surface area contributed by atoms with Gasteiger partial charge in [0.05, 0.1) is 0 Å². The molecule has 0 radical (unpaired) electrons. The smallest absolute Gasteiger partial charge is 0.0342 e. The third-order valence-electron chi connectivity index (χ3n) is 4.07. The summed E-state index contributed by atoms with van der Waals surface area (Å²) in [6.45, 7) is 9.14. The monoisotopic (exact) mass is 231 g/mol. The summed E-state index contributed by atoms with van der Waals surface area (Å²) in [5, 5.41) is 3.63. The summed E-state index contributed by atoms with van der Waals surface area (Å²) in [7, 11) is 0. The molecule has 1 aromatic carbocycles. The summed E-state index contributed by atoms with van der Waals surface area (Å²) in [4.78, 5) is 0. The van der Waals surface area contributed by atoms with Gasteiger partial charge < -0.3 is 5.32 Å². The van der Waals surface area contributed by atoms with E-state index in [0.717, 1.165) is 11.8 Å². The summed E-state index contributed by atoms with van der Waals surface area (Å²) >= 11 is 0. The molecule has 0 saturated heterocycles. The number of rotatable bonds is 4. The predicted octanol–water partition coefficient (Wildman–Crippen LogP) is 4.66. The predicted molar refractivity (Wildman–Crippen MR) is 75.5 cm³/mol. The van der Waals surface area contributed by atoms with Crippen LogP contribution in [0.1, 0.15) is 52.0 Å². The first-order valence-corrected chi connectivity index (χ1v) is 6.92. The van der Waals surface area contributed by atoms with Gasteiger partial charge >= 0.3 is 0 Å². The second kappa shape index (κ2) is 5.12. The summed E-state index contributed by atoms with van der Waals surface area (Å²) in [6, 6.07) is 9.63. The molecule has 0 aromatic heterocycles. The molecule has 1 aromatic rings.